The topological polar surface area (TPSA) is 83.7 Å². The van der Waals surface area contributed by atoms with Gasteiger partial charge in [0.05, 0.1) is 18.0 Å². The zero-order valence-corrected chi connectivity index (χ0v) is 14.6. The summed E-state index contributed by atoms with van der Waals surface area (Å²) in [5.74, 6) is 0. The van der Waals surface area contributed by atoms with Crippen molar-refractivity contribution in [1.29, 1.82) is 0 Å². The van der Waals surface area contributed by atoms with Gasteiger partial charge in [0.15, 0.2) is 0 Å². The molecule has 3 unspecified atom stereocenters. The Hall–Kier alpha value is -2.41. The zero-order valence-electron chi connectivity index (χ0n) is 14.6. The second kappa shape index (κ2) is 8.11. The average Bonchev–Trinajstić information content (AvgIpc) is 2.67. The van der Waals surface area contributed by atoms with Gasteiger partial charge in [0.1, 0.15) is 6.23 Å². The number of hydrogen-bond donors (Lipinski definition) is 4. The summed E-state index contributed by atoms with van der Waals surface area (Å²) in [6.45, 7) is 1.97. The summed E-state index contributed by atoms with van der Waals surface area (Å²) >= 11 is 0. The quantitative estimate of drug-likeness (QED) is 0.381. The molecule has 0 bridgehead atoms. The van der Waals surface area contributed by atoms with E-state index in [-0.39, 0.29) is 18.6 Å². The maximum absolute atomic E-state index is 5.73. The molecule has 3 rings (SSSR count). The van der Waals surface area contributed by atoms with Crippen LogP contribution in [0.2, 0.25) is 0 Å². The van der Waals surface area contributed by atoms with Crippen molar-refractivity contribution in [1.82, 2.24) is 16.1 Å². The van der Waals surface area contributed by atoms with Crippen LogP contribution in [0, 0.1) is 0 Å². The lowest BCUT2D eigenvalue weighted by Gasteiger charge is -2.36. The molecule has 1 saturated heterocycles. The number of nitrogens with two attached hydrogens (primary N) is 1. The Balaban J connectivity index is 1.68. The third-order valence-corrected chi connectivity index (χ3v) is 4.30. The van der Waals surface area contributed by atoms with E-state index in [1.54, 1.807) is 7.11 Å². The minimum Gasteiger partial charge on any atom is -0.399 e. The van der Waals surface area contributed by atoms with E-state index in [2.05, 4.69) is 33.3 Å². The van der Waals surface area contributed by atoms with Gasteiger partial charge in [0.25, 0.3) is 0 Å². The molecule has 1 fully saturated rings. The number of ether oxygens (including phenoxy) is 1. The number of nitrogens with one attached hydrogen (secondary N) is 3. The molecule has 25 heavy (non-hydrogen) atoms. The maximum Gasteiger partial charge on any atom is 0.112 e. The summed E-state index contributed by atoms with van der Waals surface area (Å²) in [5, 5.41) is 11.5. The minimum absolute atomic E-state index is 0.000128. The molecular formula is C19H25N5O. The van der Waals surface area contributed by atoms with E-state index in [0.29, 0.717) is 0 Å². The number of methoxy groups -OCH3 is 1. The summed E-state index contributed by atoms with van der Waals surface area (Å²) in [6.07, 6.45) is 0.721. The van der Waals surface area contributed by atoms with E-state index < -0.39 is 0 Å². The standard InChI is InChI=1S/C19H25N5O/c1-13(14-8-10-16(20)11-9-14)23-24-17-12-18(25-2)22-19(21-17)15-6-4-3-5-7-15/h3-11,17-19,21-22,24H,12,20H2,1-2H3/b23-13+. The first-order chi connectivity index (χ1) is 12.2. The predicted octanol–water partition coefficient (Wildman–Crippen LogP) is 2.16. The Morgan fingerprint density at radius 2 is 1.84 bits per heavy atom. The van der Waals surface area contributed by atoms with E-state index in [4.69, 9.17) is 10.5 Å². The molecule has 1 heterocycles. The Morgan fingerprint density at radius 3 is 2.52 bits per heavy atom. The SMILES string of the molecule is COC1CC(N/N=C(\C)c2ccc(N)cc2)NC(c2ccccc2)N1. The second-order valence-corrected chi connectivity index (χ2v) is 6.14. The van der Waals surface area contributed by atoms with Gasteiger partial charge in [-0.2, -0.15) is 5.10 Å². The van der Waals surface area contributed by atoms with Crippen LogP contribution in [0.15, 0.2) is 59.7 Å². The fraction of sp³-hybridized carbons (Fsp3) is 0.316. The van der Waals surface area contributed by atoms with E-state index in [9.17, 15) is 0 Å². The van der Waals surface area contributed by atoms with Crippen LogP contribution in [0.5, 0.6) is 0 Å². The molecule has 3 atom stereocenters. The van der Waals surface area contributed by atoms with Crippen LogP contribution in [0.4, 0.5) is 5.69 Å². The van der Waals surface area contributed by atoms with E-state index >= 15 is 0 Å². The van der Waals surface area contributed by atoms with Gasteiger partial charge in [-0.05, 0) is 30.2 Å². The zero-order chi connectivity index (χ0) is 17.6. The molecule has 0 spiro atoms. The molecule has 1 aliphatic rings. The monoisotopic (exact) mass is 339 g/mol. The summed E-state index contributed by atoms with van der Waals surface area (Å²) in [7, 11) is 1.71. The van der Waals surface area contributed by atoms with Gasteiger partial charge < -0.3 is 10.5 Å². The fourth-order valence-electron chi connectivity index (χ4n) is 2.84. The maximum atomic E-state index is 5.73. The Bertz CT molecular complexity index is 702. The molecular weight excluding hydrogens is 314 g/mol. The number of hydrazone groups is 1. The van der Waals surface area contributed by atoms with Crippen LogP contribution in [-0.2, 0) is 4.74 Å². The van der Waals surface area contributed by atoms with Crippen molar-refractivity contribution in [3.05, 3.63) is 65.7 Å². The number of nitrogens with zero attached hydrogens (tertiary/aromatic N) is 1. The van der Waals surface area contributed by atoms with Gasteiger partial charge >= 0.3 is 0 Å². The van der Waals surface area contributed by atoms with Gasteiger partial charge in [-0.1, -0.05) is 42.5 Å². The Labute approximate surface area is 148 Å². The molecule has 0 amide bonds. The molecule has 0 radical (unpaired) electrons. The minimum atomic E-state index is -0.0454. The summed E-state index contributed by atoms with van der Waals surface area (Å²) in [4.78, 5) is 0. The normalized spacial score (nSPS) is 24.1. The van der Waals surface area contributed by atoms with E-state index in [1.807, 2.05) is 49.4 Å². The van der Waals surface area contributed by atoms with Gasteiger partial charge in [0.2, 0.25) is 0 Å². The van der Waals surface area contributed by atoms with Crippen LogP contribution < -0.4 is 21.8 Å². The molecule has 1 aliphatic heterocycles. The van der Waals surface area contributed by atoms with Crippen LogP contribution in [0.3, 0.4) is 0 Å². The first-order valence-corrected chi connectivity index (χ1v) is 8.41. The van der Waals surface area contributed by atoms with Crippen molar-refractivity contribution in [2.24, 2.45) is 5.10 Å². The number of nitrogen functional groups attached to an aromatic ring is 1. The van der Waals surface area contributed by atoms with Crippen LogP contribution in [0.1, 0.15) is 30.6 Å². The molecule has 0 aliphatic carbocycles. The lowest BCUT2D eigenvalue weighted by atomic mass is 10.1. The molecule has 5 N–H and O–H groups in total. The van der Waals surface area contributed by atoms with E-state index in [0.717, 1.165) is 28.9 Å². The Kier molecular flexibility index (Phi) is 5.65. The first kappa shape index (κ1) is 17.4. The van der Waals surface area contributed by atoms with Crippen LogP contribution in [-0.4, -0.2) is 25.2 Å². The summed E-state index contributed by atoms with van der Waals surface area (Å²) in [5.41, 5.74) is 12.8. The molecule has 0 aromatic heterocycles. The first-order valence-electron chi connectivity index (χ1n) is 8.41. The highest BCUT2D eigenvalue weighted by molar-refractivity contribution is 5.98. The van der Waals surface area contributed by atoms with Crippen molar-refractivity contribution >= 4 is 11.4 Å². The number of benzene rings is 2. The summed E-state index contributed by atoms with van der Waals surface area (Å²) in [6, 6.07) is 17.9. The van der Waals surface area contributed by atoms with Crippen molar-refractivity contribution in [2.45, 2.75) is 31.9 Å². The molecule has 6 nitrogen and oxygen atoms in total. The van der Waals surface area contributed by atoms with Crippen LogP contribution in [0.25, 0.3) is 0 Å². The highest BCUT2D eigenvalue weighted by Crippen LogP contribution is 2.17. The van der Waals surface area contributed by atoms with Crippen molar-refractivity contribution in [3.8, 4) is 0 Å². The molecule has 2 aromatic rings. The second-order valence-electron chi connectivity index (χ2n) is 6.14. The largest absolute Gasteiger partial charge is 0.399 e. The molecule has 2 aromatic carbocycles. The lowest BCUT2D eigenvalue weighted by Crippen LogP contribution is -2.57. The highest BCUT2D eigenvalue weighted by atomic mass is 16.5. The smallest absolute Gasteiger partial charge is 0.112 e. The third-order valence-electron chi connectivity index (χ3n) is 4.30. The number of hydrogen-bond acceptors (Lipinski definition) is 6. The Morgan fingerprint density at radius 1 is 1.12 bits per heavy atom. The van der Waals surface area contributed by atoms with Gasteiger partial charge in [-0.3, -0.25) is 16.1 Å². The highest BCUT2D eigenvalue weighted by Gasteiger charge is 2.28. The third kappa shape index (κ3) is 4.57. The van der Waals surface area contributed by atoms with Crippen molar-refractivity contribution in [2.75, 3.05) is 12.8 Å². The van der Waals surface area contributed by atoms with E-state index in [1.165, 1.54) is 0 Å². The van der Waals surface area contributed by atoms with Crippen LogP contribution >= 0.6 is 0 Å². The van der Waals surface area contributed by atoms with Gasteiger partial charge in [-0.15, -0.1) is 0 Å². The number of anilines is 1. The lowest BCUT2D eigenvalue weighted by molar-refractivity contribution is 0.0121. The molecule has 132 valence electrons. The van der Waals surface area contributed by atoms with Gasteiger partial charge in [0, 0.05) is 19.2 Å². The number of rotatable bonds is 5. The molecule has 6 heteroatoms. The fourth-order valence-corrected chi connectivity index (χ4v) is 2.84. The van der Waals surface area contributed by atoms with Crippen molar-refractivity contribution < 1.29 is 4.74 Å². The summed E-state index contributed by atoms with van der Waals surface area (Å²) < 4.78 is 5.52. The van der Waals surface area contributed by atoms with Crippen molar-refractivity contribution in [3.63, 3.8) is 0 Å². The van der Waals surface area contributed by atoms with Gasteiger partial charge in [-0.25, -0.2) is 0 Å². The average molecular weight is 339 g/mol. The molecule has 0 saturated carbocycles. The predicted molar refractivity (Wildman–Crippen MR) is 101 cm³/mol.